The zero-order valence-electron chi connectivity index (χ0n) is 10.8. The fraction of sp³-hybridized carbons (Fsp3) is 0.214. The van der Waals surface area contributed by atoms with Crippen molar-refractivity contribution in [2.24, 2.45) is 5.73 Å². The minimum absolute atomic E-state index is 0.249. The van der Waals surface area contributed by atoms with Gasteiger partial charge in [-0.2, -0.15) is 0 Å². The highest BCUT2D eigenvalue weighted by molar-refractivity contribution is 9.10. The number of benzene rings is 1. The van der Waals surface area contributed by atoms with Crippen molar-refractivity contribution in [1.82, 2.24) is 4.98 Å². The second-order valence-corrected chi connectivity index (χ2v) is 5.32. The molecule has 1 heterocycles. The second kappa shape index (κ2) is 6.44. The zero-order valence-corrected chi connectivity index (χ0v) is 12.4. The maximum absolute atomic E-state index is 12.1. The average Bonchev–Trinajstić information content (AvgIpc) is 2.40. The van der Waals surface area contributed by atoms with Gasteiger partial charge in [0.25, 0.3) is 0 Å². The highest BCUT2D eigenvalue weighted by Gasteiger charge is 2.30. The van der Waals surface area contributed by atoms with Crippen LogP contribution in [0.5, 0.6) is 5.75 Å². The van der Waals surface area contributed by atoms with E-state index >= 15 is 0 Å². The molecule has 3 nitrogen and oxygen atoms in total. The first-order chi connectivity index (χ1) is 9.83. The van der Waals surface area contributed by atoms with Crippen molar-refractivity contribution in [3.05, 3.63) is 58.3 Å². The molecule has 0 radical (unpaired) electrons. The molecular formula is C14H12BrF3N2O. The predicted octanol–water partition coefficient (Wildman–Crippen LogP) is 3.99. The van der Waals surface area contributed by atoms with E-state index in [4.69, 9.17) is 5.73 Å². The molecule has 0 spiro atoms. The lowest BCUT2D eigenvalue weighted by Gasteiger charge is -2.12. The number of alkyl halides is 3. The van der Waals surface area contributed by atoms with Crippen molar-refractivity contribution in [1.29, 1.82) is 0 Å². The third-order valence-electron chi connectivity index (χ3n) is 2.74. The number of hydrogen-bond acceptors (Lipinski definition) is 3. The maximum atomic E-state index is 12.1. The van der Waals surface area contributed by atoms with E-state index in [9.17, 15) is 13.2 Å². The van der Waals surface area contributed by atoms with E-state index in [1.807, 2.05) is 6.07 Å². The summed E-state index contributed by atoms with van der Waals surface area (Å²) in [6.45, 7) is 0. The van der Waals surface area contributed by atoms with Gasteiger partial charge in [0.05, 0.1) is 11.7 Å². The van der Waals surface area contributed by atoms with Crippen molar-refractivity contribution >= 4 is 15.9 Å². The van der Waals surface area contributed by atoms with Gasteiger partial charge in [-0.3, -0.25) is 4.98 Å². The molecular weight excluding hydrogens is 349 g/mol. The molecule has 0 saturated heterocycles. The van der Waals surface area contributed by atoms with Crippen molar-refractivity contribution in [3.63, 3.8) is 0 Å². The van der Waals surface area contributed by atoms with Crippen LogP contribution in [0, 0.1) is 0 Å². The Morgan fingerprint density at radius 2 is 1.81 bits per heavy atom. The monoisotopic (exact) mass is 360 g/mol. The number of halogens is 4. The van der Waals surface area contributed by atoms with Crippen LogP contribution in [0.2, 0.25) is 0 Å². The molecule has 21 heavy (non-hydrogen) atoms. The Bertz CT molecular complexity index is 585. The summed E-state index contributed by atoms with van der Waals surface area (Å²) in [6.07, 6.45) is -2.56. The summed E-state index contributed by atoms with van der Waals surface area (Å²) < 4.78 is 40.8. The van der Waals surface area contributed by atoms with E-state index < -0.39 is 6.36 Å². The van der Waals surface area contributed by atoms with E-state index in [1.165, 1.54) is 12.1 Å². The van der Waals surface area contributed by atoms with Crippen LogP contribution < -0.4 is 10.5 Å². The van der Waals surface area contributed by atoms with Crippen LogP contribution in [0.4, 0.5) is 13.2 Å². The molecule has 0 aliphatic carbocycles. The smallest absolute Gasteiger partial charge is 0.406 e. The predicted molar refractivity (Wildman–Crippen MR) is 75.7 cm³/mol. The number of hydrogen-bond donors (Lipinski definition) is 1. The molecule has 2 rings (SSSR count). The van der Waals surface area contributed by atoms with E-state index in [2.05, 4.69) is 25.7 Å². The van der Waals surface area contributed by atoms with Crippen LogP contribution in [0.15, 0.2) is 47.1 Å². The molecule has 0 aliphatic heterocycles. The highest BCUT2D eigenvalue weighted by atomic mass is 79.9. The number of ether oxygens (including phenoxy) is 1. The molecule has 1 atom stereocenters. The largest absolute Gasteiger partial charge is 0.573 e. The maximum Gasteiger partial charge on any atom is 0.573 e. The van der Waals surface area contributed by atoms with Gasteiger partial charge in [-0.05, 0) is 52.2 Å². The van der Waals surface area contributed by atoms with Crippen molar-refractivity contribution in [2.75, 3.05) is 0 Å². The lowest BCUT2D eigenvalue weighted by atomic mass is 10.0. The number of pyridine rings is 1. The Balaban J connectivity index is 2.01. The third kappa shape index (κ3) is 5.02. The molecule has 0 aliphatic rings. The van der Waals surface area contributed by atoms with Gasteiger partial charge in [-0.1, -0.05) is 12.1 Å². The van der Waals surface area contributed by atoms with Gasteiger partial charge in [0.1, 0.15) is 5.75 Å². The van der Waals surface area contributed by atoms with Gasteiger partial charge in [0.15, 0.2) is 0 Å². The molecule has 1 aromatic carbocycles. The first-order valence-corrected chi connectivity index (χ1v) is 6.84. The summed E-state index contributed by atoms with van der Waals surface area (Å²) in [5, 5.41) is 0. The summed E-state index contributed by atoms with van der Waals surface area (Å²) in [4.78, 5) is 4.20. The molecule has 2 aromatic rings. The Morgan fingerprint density at radius 3 is 2.33 bits per heavy atom. The molecule has 112 valence electrons. The third-order valence-corrected chi connectivity index (χ3v) is 3.21. The van der Waals surface area contributed by atoms with Crippen LogP contribution in [-0.4, -0.2) is 11.3 Å². The first kappa shape index (κ1) is 15.8. The Hall–Kier alpha value is -1.60. The minimum atomic E-state index is -4.68. The molecule has 0 bridgehead atoms. The van der Waals surface area contributed by atoms with E-state index in [-0.39, 0.29) is 11.8 Å². The van der Waals surface area contributed by atoms with Crippen molar-refractivity contribution in [3.8, 4) is 5.75 Å². The highest BCUT2D eigenvalue weighted by Crippen LogP contribution is 2.24. The van der Waals surface area contributed by atoms with E-state index in [0.29, 0.717) is 12.1 Å². The molecule has 0 fully saturated rings. The first-order valence-electron chi connectivity index (χ1n) is 6.05. The van der Waals surface area contributed by atoms with Gasteiger partial charge in [0, 0.05) is 10.7 Å². The topological polar surface area (TPSA) is 48.1 Å². The number of nitrogens with two attached hydrogens (primary N) is 1. The SMILES string of the molecule is NC(Cc1ccc(OC(F)(F)F)cc1)c1ccc(Br)cn1. The van der Waals surface area contributed by atoms with Gasteiger partial charge >= 0.3 is 6.36 Å². The van der Waals surface area contributed by atoms with Crippen LogP contribution in [-0.2, 0) is 6.42 Å². The van der Waals surface area contributed by atoms with Crippen LogP contribution in [0.25, 0.3) is 0 Å². The lowest BCUT2D eigenvalue weighted by Crippen LogP contribution is -2.17. The van der Waals surface area contributed by atoms with Crippen LogP contribution in [0.1, 0.15) is 17.3 Å². The van der Waals surface area contributed by atoms with Gasteiger partial charge in [-0.15, -0.1) is 13.2 Å². The standard InChI is InChI=1S/C14H12BrF3N2O/c15-10-3-6-13(20-8-10)12(19)7-9-1-4-11(5-2-9)21-14(16,17)18/h1-6,8,12H,7,19H2. The molecule has 0 saturated carbocycles. The van der Waals surface area contributed by atoms with Gasteiger partial charge in [0.2, 0.25) is 0 Å². The average molecular weight is 361 g/mol. The van der Waals surface area contributed by atoms with Crippen molar-refractivity contribution in [2.45, 2.75) is 18.8 Å². The summed E-state index contributed by atoms with van der Waals surface area (Å²) in [5.41, 5.74) is 7.55. The number of nitrogens with zero attached hydrogens (tertiary/aromatic N) is 1. The normalized spacial score (nSPS) is 13.0. The molecule has 2 N–H and O–H groups in total. The fourth-order valence-electron chi connectivity index (χ4n) is 1.79. The molecule has 0 amide bonds. The van der Waals surface area contributed by atoms with E-state index in [1.54, 1.807) is 24.4 Å². The van der Waals surface area contributed by atoms with E-state index in [0.717, 1.165) is 10.0 Å². The Morgan fingerprint density at radius 1 is 1.14 bits per heavy atom. The fourth-order valence-corrected chi connectivity index (χ4v) is 2.03. The summed E-state index contributed by atoms with van der Waals surface area (Å²) in [5.74, 6) is -0.249. The second-order valence-electron chi connectivity index (χ2n) is 4.40. The molecule has 1 unspecified atom stereocenters. The summed E-state index contributed by atoms with van der Waals surface area (Å²) in [7, 11) is 0. The summed E-state index contributed by atoms with van der Waals surface area (Å²) in [6, 6.07) is 8.96. The number of rotatable bonds is 4. The van der Waals surface area contributed by atoms with Crippen LogP contribution in [0.3, 0.4) is 0 Å². The zero-order chi connectivity index (χ0) is 15.5. The Labute approximate surface area is 128 Å². The number of aromatic nitrogens is 1. The summed E-state index contributed by atoms with van der Waals surface area (Å²) >= 11 is 3.28. The van der Waals surface area contributed by atoms with Crippen LogP contribution >= 0.6 is 15.9 Å². The van der Waals surface area contributed by atoms with Crippen molar-refractivity contribution < 1.29 is 17.9 Å². The molecule has 7 heteroatoms. The molecule has 1 aromatic heterocycles. The Kier molecular flexibility index (Phi) is 4.84. The van der Waals surface area contributed by atoms with Gasteiger partial charge in [-0.25, -0.2) is 0 Å². The minimum Gasteiger partial charge on any atom is -0.406 e. The lowest BCUT2D eigenvalue weighted by molar-refractivity contribution is -0.274. The van der Waals surface area contributed by atoms with Gasteiger partial charge < -0.3 is 10.5 Å². The quantitative estimate of drug-likeness (QED) is 0.896.